The first-order valence-electron chi connectivity index (χ1n) is 6.79. The van der Waals surface area contributed by atoms with Gasteiger partial charge in [-0.25, -0.2) is 13.1 Å². The molecule has 0 aliphatic carbocycles. The van der Waals surface area contributed by atoms with Crippen molar-refractivity contribution in [3.8, 4) is 0 Å². The standard InChI is InChI=1S/C14H22N2O3S/c1-4-6-10-16(5-2)14(17)12-8-7-9-13(11-12)20(18,19)15-3/h7-9,11,15H,4-6,10H2,1-3H3. The number of carbonyl (C=O) groups is 1. The number of carbonyl (C=O) groups excluding carboxylic acids is 1. The van der Waals surface area contributed by atoms with E-state index in [1.165, 1.54) is 19.2 Å². The lowest BCUT2D eigenvalue weighted by Gasteiger charge is -2.20. The Morgan fingerprint density at radius 3 is 2.55 bits per heavy atom. The molecule has 5 nitrogen and oxygen atoms in total. The Morgan fingerprint density at radius 2 is 2.00 bits per heavy atom. The normalized spacial score (nSPS) is 11.3. The molecule has 0 aromatic heterocycles. The van der Waals surface area contributed by atoms with Crippen LogP contribution in [0.1, 0.15) is 37.0 Å². The topological polar surface area (TPSA) is 66.5 Å². The minimum atomic E-state index is -3.52. The van der Waals surface area contributed by atoms with E-state index in [0.29, 0.717) is 18.7 Å². The summed E-state index contributed by atoms with van der Waals surface area (Å²) in [7, 11) is -2.17. The van der Waals surface area contributed by atoms with E-state index in [0.717, 1.165) is 12.8 Å². The van der Waals surface area contributed by atoms with E-state index < -0.39 is 10.0 Å². The van der Waals surface area contributed by atoms with E-state index in [-0.39, 0.29) is 10.8 Å². The average Bonchev–Trinajstić information content (AvgIpc) is 2.48. The Balaban J connectivity index is 3.02. The molecule has 1 N–H and O–H groups in total. The highest BCUT2D eigenvalue weighted by atomic mass is 32.2. The number of benzene rings is 1. The number of sulfonamides is 1. The van der Waals surface area contributed by atoms with E-state index >= 15 is 0 Å². The van der Waals surface area contributed by atoms with E-state index in [9.17, 15) is 13.2 Å². The largest absolute Gasteiger partial charge is 0.339 e. The maximum atomic E-state index is 12.4. The predicted octanol–water partition coefficient (Wildman–Crippen LogP) is 1.86. The lowest BCUT2D eigenvalue weighted by atomic mass is 10.2. The zero-order valence-corrected chi connectivity index (χ0v) is 13.0. The molecule has 0 spiro atoms. The smallest absolute Gasteiger partial charge is 0.253 e. The first-order valence-corrected chi connectivity index (χ1v) is 8.27. The van der Waals surface area contributed by atoms with Gasteiger partial charge in [0.15, 0.2) is 0 Å². The van der Waals surface area contributed by atoms with Crippen molar-refractivity contribution >= 4 is 15.9 Å². The second-order valence-electron chi connectivity index (χ2n) is 4.47. The van der Waals surface area contributed by atoms with Crippen molar-refractivity contribution in [3.63, 3.8) is 0 Å². The van der Waals surface area contributed by atoms with Crippen molar-refractivity contribution in [2.45, 2.75) is 31.6 Å². The second-order valence-corrected chi connectivity index (χ2v) is 6.36. The van der Waals surface area contributed by atoms with Gasteiger partial charge in [0, 0.05) is 18.7 Å². The molecule has 1 aromatic carbocycles. The van der Waals surface area contributed by atoms with Crippen LogP contribution < -0.4 is 4.72 Å². The molecule has 1 rings (SSSR count). The molecular weight excluding hydrogens is 276 g/mol. The quantitative estimate of drug-likeness (QED) is 0.835. The number of unbranched alkanes of at least 4 members (excludes halogenated alkanes) is 1. The van der Waals surface area contributed by atoms with Crippen LogP contribution in [-0.2, 0) is 10.0 Å². The fraction of sp³-hybridized carbons (Fsp3) is 0.500. The molecule has 6 heteroatoms. The molecule has 0 unspecified atom stereocenters. The van der Waals surface area contributed by atoms with Crippen LogP contribution in [0.5, 0.6) is 0 Å². The summed E-state index contributed by atoms with van der Waals surface area (Å²) in [6.45, 7) is 5.29. The Kier molecular flexibility index (Phi) is 6.16. The molecule has 0 radical (unpaired) electrons. The highest BCUT2D eigenvalue weighted by Crippen LogP contribution is 2.13. The van der Waals surface area contributed by atoms with Gasteiger partial charge in [-0.1, -0.05) is 19.4 Å². The molecule has 0 bridgehead atoms. The summed E-state index contributed by atoms with van der Waals surface area (Å²) in [6, 6.07) is 6.13. The van der Waals surface area contributed by atoms with Crippen LogP contribution in [0.2, 0.25) is 0 Å². The van der Waals surface area contributed by atoms with Crippen LogP contribution in [0.4, 0.5) is 0 Å². The fourth-order valence-electron chi connectivity index (χ4n) is 1.85. The zero-order chi connectivity index (χ0) is 15.2. The summed E-state index contributed by atoms with van der Waals surface area (Å²) in [4.78, 5) is 14.2. The summed E-state index contributed by atoms with van der Waals surface area (Å²) in [5.41, 5.74) is 0.402. The number of nitrogens with one attached hydrogen (secondary N) is 1. The van der Waals surface area contributed by atoms with Gasteiger partial charge < -0.3 is 4.90 Å². The molecule has 0 atom stereocenters. The van der Waals surface area contributed by atoms with Crippen LogP contribution in [0, 0.1) is 0 Å². The van der Waals surface area contributed by atoms with Crippen molar-refractivity contribution < 1.29 is 13.2 Å². The van der Waals surface area contributed by atoms with Gasteiger partial charge >= 0.3 is 0 Å². The third-order valence-electron chi connectivity index (χ3n) is 3.11. The van der Waals surface area contributed by atoms with Crippen molar-refractivity contribution in [1.29, 1.82) is 0 Å². The highest BCUT2D eigenvalue weighted by molar-refractivity contribution is 7.89. The molecule has 0 heterocycles. The van der Waals surface area contributed by atoms with Gasteiger partial charge in [0.25, 0.3) is 5.91 Å². The van der Waals surface area contributed by atoms with Gasteiger partial charge in [-0.15, -0.1) is 0 Å². The number of amides is 1. The lowest BCUT2D eigenvalue weighted by molar-refractivity contribution is 0.0762. The highest BCUT2D eigenvalue weighted by Gasteiger charge is 2.17. The third-order valence-corrected chi connectivity index (χ3v) is 4.52. The van der Waals surface area contributed by atoms with Crippen molar-refractivity contribution in [2.75, 3.05) is 20.1 Å². The number of rotatable bonds is 7. The maximum absolute atomic E-state index is 12.4. The molecule has 1 aromatic rings. The van der Waals surface area contributed by atoms with Gasteiger partial charge in [0.1, 0.15) is 0 Å². The van der Waals surface area contributed by atoms with Crippen LogP contribution in [0.3, 0.4) is 0 Å². The number of nitrogens with zero attached hydrogens (tertiary/aromatic N) is 1. The van der Waals surface area contributed by atoms with Crippen molar-refractivity contribution in [3.05, 3.63) is 29.8 Å². The Morgan fingerprint density at radius 1 is 1.30 bits per heavy atom. The summed E-state index contributed by atoms with van der Waals surface area (Å²) in [6.07, 6.45) is 1.95. The fourth-order valence-corrected chi connectivity index (χ4v) is 2.62. The zero-order valence-electron chi connectivity index (χ0n) is 12.2. The van der Waals surface area contributed by atoms with Crippen molar-refractivity contribution in [1.82, 2.24) is 9.62 Å². The first kappa shape index (κ1) is 16.7. The van der Waals surface area contributed by atoms with Crippen LogP contribution in [0.15, 0.2) is 29.2 Å². The molecule has 0 saturated carbocycles. The molecule has 20 heavy (non-hydrogen) atoms. The van der Waals surface area contributed by atoms with E-state index in [2.05, 4.69) is 11.6 Å². The molecule has 0 fully saturated rings. The lowest BCUT2D eigenvalue weighted by Crippen LogP contribution is -2.32. The van der Waals surface area contributed by atoms with Gasteiger partial charge in [0.05, 0.1) is 4.90 Å². The third kappa shape index (κ3) is 4.05. The summed E-state index contributed by atoms with van der Waals surface area (Å²) >= 11 is 0. The van der Waals surface area contributed by atoms with Gasteiger partial charge in [0.2, 0.25) is 10.0 Å². The van der Waals surface area contributed by atoms with Crippen LogP contribution in [0.25, 0.3) is 0 Å². The van der Waals surface area contributed by atoms with Gasteiger partial charge in [-0.2, -0.15) is 0 Å². The minimum absolute atomic E-state index is 0.109. The molecule has 1 amide bonds. The molecule has 0 aliphatic rings. The van der Waals surface area contributed by atoms with Crippen LogP contribution in [-0.4, -0.2) is 39.4 Å². The van der Waals surface area contributed by atoms with E-state index in [1.54, 1.807) is 17.0 Å². The summed E-state index contributed by atoms with van der Waals surface area (Å²) in [5.74, 6) is -0.130. The monoisotopic (exact) mass is 298 g/mol. The number of hydrogen-bond acceptors (Lipinski definition) is 3. The number of hydrogen-bond donors (Lipinski definition) is 1. The minimum Gasteiger partial charge on any atom is -0.339 e. The van der Waals surface area contributed by atoms with E-state index in [4.69, 9.17) is 0 Å². The Bertz CT molecular complexity index is 555. The van der Waals surface area contributed by atoms with Gasteiger partial charge in [-0.3, -0.25) is 4.79 Å². The molecular formula is C14H22N2O3S. The second kappa shape index (κ2) is 7.40. The van der Waals surface area contributed by atoms with Gasteiger partial charge in [-0.05, 0) is 38.6 Å². The molecule has 0 saturated heterocycles. The maximum Gasteiger partial charge on any atom is 0.253 e. The summed E-state index contributed by atoms with van der Waals surface area (Å²) in [5, 5.41) is 0. The van der Waals surface area contributed by atoms with E-state index in [1.807, 2.05) is 6.92 Å². The first-order chi connectivity index (χ1) is 9.46. The summed E-state index contributed by atoms with van der Waals surface area (Å²) < 4.78 is 25.8. The Hall–Kier alpha value is -1.40. The van der Waals surface area contributed by atoms with Crippen LogP contribution >= 0.6 is 0 Å². The molecule has 112 valence electrons. The average molecular weight is 298 g/mol. The Labute approximate surface area is 121 Å². The van der Waals surface area contributed by atoms with Crippen molar-refractivity contribution in [2.24, 2.45) is 0 Å². The SMILES string of the molecule is CCCCN(CC)C(=O)c1cccc(S(=O)(=O)NC)c1. The predicted molar refractivity (Wildman–Crippen MR) is 79.2 cm³/mol. The molecule has 0 aliphatic heterocycles.